The van der Waals surface area contributed by atoms with Gasteiger partial charge in [0, 0.05) is 38.8 Å². The molecule has 0 fully saturated rings. The standard InChI is InChI=1S/C50H34N2/c1-3-14-36(15-4-1)44-21-9-11-24-48(44)51(40-29-26-37(27-30-40)43-23-13-17-35-16-7-8-20-42(35)43)41-31-33-45-38(34-41)28-32-47-46-22-10-12-25-49(46)52(50(45)47)39-18-5-2-6-19-39/h1-34H. The first kappa shape index (κ1) is 30.0. The zero-order chi connectivity index (χ0) is 34.4. The molecule has 0 N–H and O–H groups in total. The number of hydrogen-bond acceptors (Lipinski definition) is 1. The van der Waals surface area contributed by atoms with Crippen molar-refractivity contribution >= 4 is 60.4 Å². The fraction of sp³-hybridized carbons (Fsp3) is 0. The lowest BCUT2D eigenvalue weighted by molar-refractivity contribution is 1.19. The maximum Gasteiger partial charge on any atom is 0.0619 e. The fourth-order valence-corrected chi connectivity index (χ4v) is 7.99. The van der Waals surface area contributed by atoms with Crippen LogP contribution in [-0.2, 0) is 0 Å². The number of aromatic nitrogens is 1. The van der Waals surface area contributed by atoms with Gasteiger partial charge in [0.1, 0.15) is 0 Å². The first-order valence-corrected chi connectivity index (χ1v) is 17.9. The van der Waals surface area contributed by atoms with Gasteiger partial charge in [0.2, 0.25) is 0 Å². The van der Waals surface area contributed by atoms with Crippen LogP contribution in [0.4, 0.5) is 17.1 Å². The van der Waals surface area contributed by atoms with Crippen LogP contribution in [0.25, 0.3) is 71.3 Å². The summed E-state index contributed by atoms with van der Waals surface area (Å²) in [5.41, 5.74) is 11.8. The second kappa shape index (κ2) is 12.5. The quantitative estimate of drug-likeness (QED) is 0.172. The molecule has 52 heavy (non-hydrogen) atoms. The molecule has 0 amide bonds. The second-order valence-electron chi connectivity index (χ2n) is 13.3. The van der Waals surface area contributed by atoms with Crippen LogP contribution in [-0.4, -0.2) is 4.57 Å². The minimum atomic E-state index is 1.10. The van der Waals surface area contributed by atoms with Gasteiger partial charge in [0.15, 0.2) is 0 Å². The largest absolute Gasteiger partial charge is 0.310 e. The topological polar surface area (TPSA) is 8.17 Å². The molecule has 244 valence electrons. The normalized spacial score (nSPS) is 11.5. The third kappa shape index (κ3) is 4.96. The van der Waals surface area contributed by atoms with Crippen molar-refractivity contribution in [3.8, 4) is 27.9 Å². The summed E-state index contributed by atoms with van der Waals surface area (Å²) in [6.45, 7) is 0. The summed E-state index contributed by atoms with van der Waals surface area (Å²) < 4.78 is 2.42. The molecular weight excluding hydrogens is 629 g/mol. The summed E-state index contributed by atoms with van der Waals surface area (Å²) in [7, 11) is 0. The van der Waals surface area contributed by atoms with Gasteiger partial charge >= 0.3 is 0 Å². The number of benzene rings is 9. The van der Waals surface area contributed by atoms with Gasteiger partial charge in [0.05, 0.1) is 16.7 Å². The number of fused-ring (bicyclic) bond motifs is 6. The van der Waals surface area contributed by atoms with Crippen molar-refractivity contribution in [3.05, 3.63) is 206 Å². The number of rotatable bonds is 6. The van der Waals surface area contributed by atoms with Gasteiger partial charge in [-0.1, -0.05) is 158 Å². The monoisotopic (exact) mass is 662 g/mol. The van der Waals surface area contributed by atoms with E-state index in [9.17, 15) is 0 Å². The number of anilines is 3. The molecule has 0 atom stereocenters. The van der Waals surface area contributed by atoms with Crippen LogP contribution in [0, 0.1) is 0 Å². The van der Waals surface area contributed by atoms with Crippen LogP contribution in [0.3, 0.4) is 0 Å². The average molecular weight is 663 g/mol. The van der Waals surface area contributed by atoms with Crippen molar-refractivity contribution in [1.29, 1.82) is 0 Å². The molecule has 1 heterocycles. The number of hydrogen-bond donors (Lipinski definition) is 0. The van der Waals surface area contributed by atoms with Crippen LogP contribution in [0.1, 0.15) is 0 Å². The smallest absolute Gasteiger partial charge is 0.0619 e. The van der Waals surface area contributed by atoms with E-state index in [1.165, 1.54) is 65.6 Å². The molecule has 0 aliphatic carbocycles. The zero-order valence-electron chi connectivity index (χ0n) is 28.5. The Balaban J connectivity index is 1.18. The van der Waals surface area contributed by atoms with Crippen molar-refractivity contribution in [2.75, 3.05) is 4.90 Å². The Bertz CT molecular complexity index is 2880. The van der Waals surface area contributed by atoms with Crippen molar-refractivity contribution in [1.82, 2.24) is 4.57 Å². The van der Waals surface area contributed by atoms with Gasteiger partial charge in [-0.3, -0.25) is 0 Å². The van der Waals surface area contributed by atoms with Crippen LogP contribution in [0.2, 0.25) is 0 Å². The van der Waals surface area contributed by atoms with Gasteiger partial charge in [-0.05, 0) is 81.4 Å². The zero-order valence-corrected chi connectivity index (χ0v) is 28.5. The minimum absolute atomic E-state index is 1.10. The van der Waals surface area contributed by atoms with E-state index < -0.39 is 0 Å². The van der Waals surface area contributed by atoms with E-state index in [0.717, 1.165) is 22.7 Å². The van der Waals surface area contributed by atoms with Gasteiger partial charge in [-0.15, -0.1) is 0 Å². The van der Waals surface area contributed by atoms with Gasteiger partial charge in [-0.25, -0.2) is 0 Å². The van der Waals surface area contributed by atoms with Crippen LogP contribution >= 0.6 is 0 Å². The molecular formula is C50H34N2. The Morgan fingerprint density at radius 1 is 0.346 bits per heavy atom. The minimum Gasteiger partial charge on any atom is -0.310 e. The lowest BCUT2D eigenvalue weighted by Gasteiger charge is -2.28. The highest BCUT2D eigenvalue weighted by atomic mass is 15.1. The highest BCUT2D eigenvalue weighted by molar-refractivity contribution is 6.19. The van der Waals surface area contributed by atoms with Crippen LogP contribution in [0.5, 0.6) is 0 Å². The second-order valence-corrected chi connectivity index (χ2v) is 13.3. The SMILES string of the molecule is c1ccc(-c2ccccc2N(c2ccc(-c3cccc4ccccc34)cc2)c2ccc3c(ccc4c5ccccc5n(-c5ccccc5)c34)c2)cc1. The van der Waals surface area contributed by atoms with Crippen molar-refractivity contribution in [2.45, 2.75) is 0 Å². The van der Waals surface area contributed by atoms with Gasteiger partial charge < -0.3 is 9.47 Å². The molecule has 10 rings (SSSR count). The Labute approximate surface area is 303 Å². The third-order valence-electron chi connectivity index (χ3n) is 10.4. The van der Waals surface area contributed by atoms with E-state index in [-0.39, 0.29) is 0 Å². The molecule has 0 unspecified atom stereocenters. The molecule has 0 bridgehead atoms. The maximum atomic E-state index is 2.42. The van der Waals surface area contributed by atoms with Gasteiger partial charge in [-0.2, -0.15) is 0 Å². The molecule has 1 aromatic heterocycles. The number of para-hydroxylation sites is 3. The molecule has 10 aromatic rings. The molecule has 2 heteroatoms. The lowest BCUT2D eigenvalue weighted by atomic mass is 9.97. The molecule has 0 radical (unpaired) electrons. The van der Waals surface area contributed by atoms with E-state index >= 15 is 0 Å². The van der Waals surface area contributed by atoms with Crippen molar-refractivity contribution in [2.24, 2.45) is 0 Å². The predicted octanol–water partition coefficient (Wildman–Crippen LogP) is 13.9. The summed E-state index contributed by atoms with van der Waals surface area (Å²) in [6, 6.07) is 74.6. The molecule has 0 aliphatic heterocycles. The van der Waals surface area contributed by atoms with E-state index in [1.807, 2.05) is 0 Å². The summed E-state index contributed by atoms with van der Waals surface area (Å²) in [5.74, 6) is 0. The Morgan fingerprint density at radius 2 is 0.962 bits per heavy atom. The Morgan fingerprint density at radius 3 is 1.81 bits per heavy atom. The fourth-order valence-electron chi connectivity index (χ4n) is 7.99. The first-order chi connectivity index (χ1) is 25.8. The summed E-state index contributed by atoms with van der Waals surface area (Å²) in [4.78, 5) is 2.41. The van der Waals surface area contributed by atoms with Gasteiger partial charge in [0.25, 0.3) is 0 Å². The van der Waals surface area contributed by atoms with E-state index in [0.29, 0.717) is 0 Å². The molecule has 0 aliphatic rings. The Kier molecular flexibility index (Phi) is 7.18. The Hall–Kier alpha value is -6.90. The van der Waals surface area contributed by atoms with Crippen LogP contribution in [0.15, 0.2) is 206 Å². The number of nitrogens with zero attached hydrogens (tertiary/aromatic N) is 2. The van der Waals surface area contributed by atoms with E-state index in [2.05, 4.69) is 216 Å². The lowest BCUT2D eigenvalue weighted by Crippen LogP contribution is -2.11. The molecule has 0 saturated carbocycles. The van der Waals surface area contributed by atoms with E-state index in [1.54, 1.807) is 0 Å². The van der Waals surface area contributed by atoms with Crippen molar-refractivity contribution in [3.63, 3.8) is 0 Å². The highest BCUT2D eigenvalue weighted by Crippen LogP contribution is 2.44. The third-order valence-corrected chi connectivity index (χ3v) is 10.4. The van der Waals surface area contributed by atoms with Crippen LogP contribution < -0.4 is 4.90 Å². The maximum absolute atomic E-state index is 2.42. The summed E-state index contributed by atoms with van der Waals surface area (Å²) in [5, 5.41) is 7.45. The first-order valence-electron chi connectivity index (χ1n) is 17.9. The molecule has 0 saturated heterocycles. The summed E-state index contributed by atoms with van der Waals surface area (Å²) >= 11 is 0. The predicted molar refractivity (Wildman–Crippen MR) is 221 cm³/mol. The highest BCUT2D eigenvalue weighted by Gasteiger charge is 2.20. The molecule has 2 nitrogen and oxygen atoms in total. The van der Waals surface area contributed by atoms with Crippen molar-refractivity contribution < 1.29 is 0 Å². The molecule has 9 aromatic carbocycles. The summed E-state index contributed by atoms with van der Waals surface area (Å²) in [6.07, 6.45) is 0. The average Bonchev–Trinajstić information content (AvgIpc) is 3.57. The van der Waals surface area contributed by atoms with E-state index in [4.69, 9.17) is 0 Å². The molecule has 0 spiro atoms.